The number of aromatic nitrogens is 3. The summed E-state index contributed by atoms with van der Waals surface area (Å²) >= 11 is 0. The summed E-state index contributed by atoms with van der Waals surface area (Å²) in [6.07, 6.45) is -2.08. The van der Waals surface area contributed by atoms with Crippen molar-refractivity contribution in [1.29, 1.82) is 0 Å². The summed E-state index contributed by atoms with van der Waals surface area (Å²) < 4.78 is 53.5. The second-order valence-electron chi connectivity index (χ2n) is 10.6. The van der Waals surface area contributed by atoms with Crippen LogP contribution in [0, 0.1) is 0 Å². The van der Waals surface area contributed by atoms with Crippen molar-refractivity contribution in [3.05, 3.63) is 94.9 Å². The van der Waals surface area contributed by atoms with E-state index in [1.165, 1.54) is 12.1 Å². The van der Waals surface area contributed by atoms with Gasteiger partial charge in [0.2, 0.25) is 5.88 Å². The van der Waals surface area contributed by atoms with Crippen LogP contribution < -0.4 is 4.74 Å². The zero-order valence-corrected chi connectivity index (χ0v) is 22.8. The Kier molecular flexibility index (Phi) is 8.00. The minimum Gasteiger partial charge on any atom is -0.473 e. The summed E-state index contributed by atoms with van der Waals surface area (Å²) in [7, 11) is 0. The summed E-state index contributed by atoms with van der Waals surface area (Å²) in [4.78, 5) is 11.7. The molecule has 220 valence electrons. The van der Waals surface area contributed by atoms with Crippen LogP contribution >= 0.6 is 0 Å². The smallest absolute Gasteiger partial charge is 0.416 e. The third-order valence-corrected chi connectivity index (χ3v) is 7.74. The summed E-state index contributed by atoms with van der Waals surface area (Å²) in [5, 5.41) is 19.3. The lowest BCUT2D eigenvalue weighted by atomic mass is 10.0. The van der Waals surface area contributed by atoms with Crippen molar-refractivity contribution in [2.75, 3.05) is 19.7 Å². The van der Waals surface area contributed by atoms with Gasteiger partial charge >= 0.3 is 6.18 Å². The molecular formula is C31H31F3N4O4. The second-order valence-corrected chi connectivity index (χ2v) is 10.6. The Morgan fingerprint density at radius 1 is 1.05 bits per heavy atom. The molecule has 2 aromatic heterocycles. The molecule has 2 N–H and O–H groups in total. The Morgan fingerprint density at radius 2 is 1.88 bits per heavy atom. The quantitative estimate of drug-likeness (QED) is 0.267. The molecule has 1 fully saturated rings. The molecule has 11 heteroatoms. The zero-order valence-electron chi connectivity index (χ0n) is 22.8. The highest BCUT2D eigenvalue weighted by Gasteiger charge is 2.33. The molecule has 2 aromatic carbocycles. The van der Waals surface area contributed by atoms with Gasteiger partial charge in [0.15, 0.2) is 6.29 Å². The topological polar surface area (TPSA) is 92.9 Å². The molecule has 6 rings (SSSR count). The van der Waals surface area contributed by atoms with E-state index in [9.17, 15) is 23.4 Å². The summed E-state index contributed by atoms with van der Waals surface area (Å²) in [5.74, 6) is 1.15. The van der Waals surface area contributed by atoms with Crippen molar-refractivity contribution >= 4 is 16.6 Å². The number of aliphatic hydroxyl groups is 2. The lowest BCUT2D eigenvalue weighted by molar-refractivity contribution is -0.138. The van der Waals surface area contributed by atoms with Crippen molar-refractivity contribution in [1.82, 2.24) is 19.4 Å². The molecule has 0 aliphatic carbocycles. The molecular weight excluding hydrogens is 549 g/mol. The Labute approximate surface area is 240 Å². The predicted octanol–water partition coefficient (Wildman–Crippen LogP) is 5.09. The van der Waals surface area contributed by atoms with Gasteiger partial charge in [-0.2, -0.15) is 13.2 Å². The largest absolute Gasteiger partial charge is 0.473 e. The molecule has 4 aromatic rings. The first-order valence-electron chi connectivity index (χ1n) is 13.9. The number of ether oxygens (including phenoxy) is 2. The number of rotatable bonds is 9. The first-order valence-corrected chi connectivity index (χ1v) is 13.9. The average molecular weight is 581 g/mol. The second kappa shape index (κ2) is 11.8. The highest BCUT2D eigenvalue weighted by atomic mass is 19.4. The van der Waals surface area contributed by atoms with Crippen LogP contribution in [0.25, 0.3) is 16.6 Å². The normalized spacial score (nSPS) is 17.9. The maximum Gasteiger partial charge on any atom is 0.416 e. The molecule has 0 unspecified atom stereocenters. The Balaban J connectivity index is 1.14. The Morgan fingerprint density at radius 3 is 2.60 bits per heavy atom. The monoisotopic (exact) mass is 580 g/mol. The van der Waals surface area contributed by atoms with E-state index in [0.717, 1.165) is 60.2 Å². The van der Waals surface area contributed by atoms with Crippen LogP contribution in [0.3, 0.4) is 0 Å². The van der Waals surface area contributed by atoms with E-state index in [-0.39, 0.29) is 24.2 Å². The van der Waals surface area contributed by atoms with E-state index in [1.54, 1.807) is 30.3 Å². The van der Waals surface area contributed by atoms with Crippen molar-refractivity contribution in [3.63, 3.8) is 0 Å². The van der Waals surface area contributed by atoms with Crippen LogP contribution in [0.1, 0.15) is 47.3 Å². The molecule has 1 saturated heterocycles. The molecule has 1 atom stereocenters. The van der Waals surface area contributed by atoms with Gasteiger partial charge in [0, 0.05) is 36.9 Å². The number of aliphatic hydroxyl groups excluding tert-OH is 1. The van der Waals surface area contributed by atoms with Gasteiger partial charge in [0.25, 0.3) is 0 Å². The van der Waals surface area contributed by atoms with Crippen LogP contribution in [0.2, 0.25) is 0 Å². The van der Waals surface area contributed by atoms with Gasteiger partial charge in [-0.25, -0.2) is 9.97 Å². The van der Waals surface area contributed by atoms with Crippen molar-refractivity contribution in [2.24, 2.45) is 0 Å². The number of benzene rings is 2. The minimum absolute atomic E-state index is 0.0587. The lowest BCUT2D eigenvalue weighted by Gasteiger charge is -2.29. The molecule has 0 spiro atoms. The highest BCUT2D eigenvalue weighted by molar-refractivity contribution is 5.77. The maximum absolute atomic E-state index is 13.3. The fourth-order valence-corrected chi connectivity index (χ4v) is 5.34. The van der Waals surface area contributed by atoms with E-state index >= 15 is 0 Å². The molecule has 0 amide bonds. The van der Waals surface area contributed by atoms with Gasteiger partial charge < -0.3 is 24.3 Å². The SMILES string of the molecule is OC(O)c1ccc2nc(CN3CC=C(c4cccc(OCc5ccccc5C(F)(F)F)n4)CC3)n(C[C@@H]3CCO3)c2c1. The highest BCUT2D eigenvalue weighted by Crippen LogP contribution is 2.32. The number of fused-ring (bicyclic) bond motifs is 1. The number of hydrogen-bond donors (Lipinski definition) is 2. The average Bonchev–Trinajstić information content (AvgIpc) is 3.29. The van der Waals surface area contributed by atoms with E-state index < -0.39 is 18.0 Å². The summed E-state index contributed by atoms with van der Waals surface area (Å²) in [5.41, 5.74) is 3.18. The summed E-state index contributed by atoms with van der Waals surface area (Å²) in [6.45, 7) is 3.21. The first-order chi connectivity index (χ1) is 20.2. The van der Waals surface area contributed by atoms with Gasteiger partial charge in [0.05, 0.1) is 41.5 Å². The van der Waals surface area contributed by atoms with Crippen LogP contribution in [0.15, 0.2) is 66.7 Å². The maximum atomic E-state index is 13.3. The van der Waals surface area contributed by atoms with Crippen LogP contribution in [-0.2, 0) is 30.6 Å². The predicted molar refractivity (Wildman–Crippen MR) is 149 cm³/mol. The van der Waals surface area contributed by atoms with E-state index in [1.807, 2.05) is 12.1 Å². The van der Waals surface area contributed by atoms with Crippen LogP contribution in [0.4, 0.5) is 13.2 Å². The van der Waals surface area contributed by atoms with E-state index in [4.69, 9.17) is 14.5 Å². The van der Waals surface area contributed by atoms with E-state index in [2.05, 4.69) is 20.5 Å². The number of halogens is 3. The fourth-order valence-electron chi connectivity index (χ4n) is 5.34. The molecule has 4 heterocycles. The van der Waals surface area contributed by atoms with Crippen LogP contribution in [0.5, 0.6) is 5.88 Å². The molecule has 2 aliphatic rings. The molecule has 0 bridgehead atoms. The minimum atomic E-state index is -4.45. The number of pyridine rings is 1. The Bertz CT molecular complexity index is 1600. The van der Waals surface area contributed by atoms with Crippen molar-refractivity contribution in [3.8, 4) is 5.88 Å². The van der Waals surface area contributed by atoms with Crippen molar-refractivity contribution < 1.29 is 32.9 Å². The zero-order chi connectivity index (χ0) is 29.3. The van der Waals surface area contributed by atoms with Crippen LogP contribution in [-0.4, -0.2) is 55.4 Å². The van der Waals surface area contributed by atoms with Gasteiger partial charge in [-0.1, -0.05) is 36.4 Å². The molecule has 0 radical (unpaired) electrons. The van der Waals surface area contributed by atoms with Gasteiger partial charge in [-0.3, -0.25) is 4.90 Å². The molecule has 2 aliphatic heterocycles. The third-order valence-electron chi connectivity index (χ3n) is 7.74. The lowest BCUT2D eigenvalue weighted by Crippen LogP contribution is -2.33. The first kappa shape index (κ1) is 28.4. The fraction of sp³-hybridized carbons (Fsp3) is 0.355. The van der Waals surface area contributed by atoms with Crippen molar-refractivity contribution in [2.45, 2.75) is 51.1 Å². The van der Waals surface area contributed by atoms with Gasteiger partial charge in [-0.05, 0) is 42.7 Å². The third kappa shape index (κ3) is 6.19. The number of hydrogen-bond acceptors (Lipinski definition) is 7. The molecule has 8 nitrogen and oxygen atoms in total. The standard InChI is InChI=1S/C31H31F3N4O4/c32-31(33,34)24-5-2-1-4-22(24)19-42-29-7-3-6-25(36-29)20-10-13-37(14-11-20)18-28-35-26-9-8-21(30(39)40)16-27(26)38(28)17-23-12-15-41-23/h1-10,16,23,30,39-40H,11-15,17-19H2/t23-/m0/s1. The van der Waals surface area contributed by atoms with E-state index in [0.29, 0.717) is 25.2 Å². The number of imidazole rings is 1. The summed E-state index contributed by atoms with van der Waals surface area (Å²) in [6, 6.07) is 15.9. The number of alkyl halides is 3. The molecule has 0 saturated carbocycles. The molecule has 42 heavy (non-hydrogen) atoms. The Hall–Kier alpha value is -3.77. The van der Waals surface area contributed by atoms with Gasteiger partial charge in [-0.15, -0.1) is 0 Å². The number of nitrogens with zero attached hydrogens (tertiary/aromatic N) is 4. The van der Waals surface area contributed by atoms with Gasteiger partial charge in [0.1, 0.15) is 12.4 Å².